The normalized spacial score (nSPS) is 12.3. The Morgan fingerprint density at radius 3 is 2.52 bits per heavy atom. The highest BCUT2D eigenvalue weighted by atomic mass is 16.3. The van der Waals surface area contributed by atoms with Crippen molar-refractivity contribution in [3.8, 4) is 11.3 Å². The zero-order valence-electron chi connectivity index (χ0n) is 12.0. The van der Waals surface area contributed by atoms with Crippen molar-refractivity contribution in [3.63, 3.8) is 0 Å². The minimum Gasteiger partial charge on any atom is -0.392 e. The van der Waals surface area contributed by atoms with Crippen LogP contribution < -0.4 is 5.32 Å². The summed E-state index contributed by atoms with van der Waals surface area (Å²) >= 11 is 0. The minimum absolute atomic E-state index is 0.392. The molecule has 3 rings (SSSR count). The molecule has 0 aliphatic rings. The first-order valence-corrected chi connectivity index (χ1v) is 7.11. The van der Waals surface area contributed by atoms with Crippen molar-refractivity contribution < 1.29 is 5.11 Å². The first-order chi connectivity index (χ1) is 10.2. The standard InChI is InChI=1S/C18H18N2O/c1-13(21)12-19-18-11-17(14-7-3-2-4-8-14)20-16-10-6-5-9-15(16)18/h2-11,13,21H,12H2,1H3,(H,19,20)/t13-/m0/s1. The van der Waals surface area contributed by atoms with Crippen LogP contribution in [0.3, 0.4) is 0 Å². The van der Waals surface area contributed by atoms with E-state index >= 15 is 0 Å². The first-order valence-electron chi connectivity index (χ1n) is 7.11. The summed E-state index contributed by atoms with van der Waals surface area (Å²) in [6.45, 7) is 2.29. The average Bonchev–Trinajstić information content (AvgIpc) is 2.53. The molecule has 0 bridgehead atoms. The maximum atomic E-state index is 9.49. The predicted molar refractivity (Wildman–Crippen MR) is 87.3 cm³/mol. The van der Waals surface area contributed by atoms with Crippen LogP contribution >= 0.6 is 0 Å². The summed E-state index contributed by atoms with van der Waals surface area (Å²) in [5.41, 5.74) is 3.97. The number of anilines is 1. The number of aromatic nitrogens is 1. The maximum Gasteiger partial charge on any atom is 0.0730 e. The van der Waals surface area contributed by atoms with Crippen LogP contribution in [0.1, 0.15) is 6.92 Å². The van der Waals surface area contributed by atoms with Gasteiger partial charge in [-0.1, -0.05) is 48.5 Å². The molecular formula is C18H18N2O. The van der Waals surface area contributed by atoms with Crippen molar-refractivity contribution in [2.24, 2.45) is 0 Å². The molecule has 1 heterocycles. The van der Waals surface area contributed by atoms with Gasteiger partial charge in [-0.05, 0) is 19.1 Å². The van der Waals surface area contributed by atoms with Crippen LogP contribution in [-0.2, 0) is 0 Å². The molecule has 1 atom stereocenters. The van der Waals surface area contributed by atoms with Gasteiger partial charge in [-0.25, -0.2) is 4.98 Å². The SMILES string of the molecule is C[C@H](O)CNc1cc(-c2ccccc2)nc2ccccc12. The Morgan fingerprint density at radius 1 is 1.05 bits per heavy atom. The van der Waals surface area contributed by atoms with Crippen molar-refractivity contribution in [2.75, 3.05) is 11.9 Å². The van der Waals surface area contributed by atoms with Gasteiger partial charge in [0.1, 0.15) is 0 Å². The van der Waals surface area contributed by atoms with Gasteiger partial charge in [0.25, 0.3) is 0 Å². The fraction of sp³-hybridized carbons (Fsp3) is 0.167. The van der Waals surface area contributed by atoms with Crippen molar-refractivity contribution in [3.05, 3.63) is 60.7 Å². The highest BCUT2D eigenvalue weighted by Crippen LogP contribution is 2.28. The Kier molecular flexibility index (Phi) is 3.84. The molecule has 106 valence electrons. The van der Waals surface area contributed by atoms with Crippen LogP contribution in [0, 0.1) is 0 Å². The topological polar surface area (TPSA) is 45.1 Å². The largest absolute Gasteiger partial charge is 0.392 e. The van der Waals surface area contributed by atoms with E-state index in [1.54, 1.807) is 6.92 Å². The van der Waals surface area contributed by atoms with Gasteiger partial charge in [0.15, 0.2) is 0 Å². The third-order valence-corrected chi connectivity index (χ3v) is 3.37. The molecule has 0 unspecified atom stereocenters. The van der Waals surface area contributed by atoms with Gasteiger partial charge in [0.05, 0.1) is 17.3 Å². The maximum absolute atomic E-state index is 9.49. The molecule has 2 N–H and O–H groups in total. The number of fused-ring (bicyclic) bond motifs is 1. The molecule has 0 aliphatic heterocycles. The molecule has 2 aromatic carbocycles. The summed E-state index contributed by atoms with van der Waals surface area (Å²) in [6.07, 6.45) is -0.392. The summed E-state index contributed by atoms with van der Waals surface area (Å²) in [7, 11) is 0. The van der Waals surface area contributed by atoms with Crippen LogP contribution in [0.5, 0.6) is 0 Å². The van der Waals surface area contributed by atoms with Gasteiger partial charge in [-0.3, -0.25) is 0 Å². The number of pyridine rings is 1. The number of aliphatic hydroxyl groups excluding tert-OH is 1. The molecule has 21 heavy (non-hydrogen) atoms. The van der Waals surface area contributed by atoms with E-state index in [1.807, 2.05) is 48.5 Å². The van der Waals surface area contributed by atoms with Crippen LogP contribution in [0.15, 0.2) is 60.7 Å². The molecule has 0 spiro atoms. The average molecular weight is 278 g/mol. The van der Waals surface area contributed by atoms with Crippen LogP contribution in [0.25, 0.3) is 22.2 Å². The minimum atomic E-state index is -0.392. The summed E-state index contributed by atoms with van der Waals surface area (Å²) in [4.78, 5) is 4.73. The van der Waals surface area contributed by atoms with Gasteiger partial charge in [0.2, 0.25) is 0 Å². The fourth-order valence-electron chi connectivity index (χ4n) is 2.34. The number of para-hydroxylation sites is 1. The number of benzene rings is 2. The Labute approximate surface area is 124 Å². The molecule has 0 saturated heterocycles. The third-order valence-electron chi connectivity index (χ3n) is 3.37. The zero-order valence-corrected chi connectivity index (χ0v) is 12.0. The molecule has 0 saturated carbocycles. The van der Waals surface area contributed by atoms with E-state index in [4.69, 9.17) is 4.98 Å². The quantitative estimate of drug-likeness (QED) is 0.765. The third kappa shape index (κ3) is 3.03. The number of nitrogens with zero attached hydrogens (tertiary/aromatic N) is 1. The molecular weight excluding hydrogens is 260 g/mol. The van der Waals surface area contributed by atoms with E-state index in [2.05, 4.69) is 17.4 Å². The molecule has 0 radical (unpaired) electrons. The second-order valence-corrected chi connectivity index (χ2v) is 5.17. The summed E-state index contributed by atoms with van der Waals surface area (Å²) in [5, 5.41) is 13.9. The summed E-state index contributed by atoms with van der Waals surface area (Å²) in [5.74, 6) is 0. The van der Waals surface area contributed by atoms with Crippen LogP contribution in [-0.4, -0.2) is 22.7 Å². The Hall–Kier alpha value is -2.39. The molecule has 0 fully saturated rings. The van der Waals surface area contributed by atoms with Gasteiger partial charge >= 0.3 is 0 Å². The van der Waals surface area contributed by atoms with E-state index in [9.17, 15) is 5.11 Å². The zero-order chi connectivity index (χ0) is 14.7. The predicted octanol–water partition coefficient (Wildman–Crippen LogP) is 3.69. The summed E-state index contributed by atoms with van der Waals surface area (Å²) < 4.78 is 0. The van der Waals surface area contributed by atoms with E-state index < -0.39 is 6.10 Å². The lowest BCUT2D eigenvalue weighted by molar-refractivity contribution is 0.208. The first kappa shape index (κ1) is 13.6. The number of rotatable bonds is 4. The fourth-order valence-corrected chi connectivity index (χ4v) is 2.34. The molecule has 0 amide bonds. The number of aliphatic hydroxyl groups is 1. The monoisotopic (exact) mass is 278 g/mol. The molecule has 1 aromatic heterocycles. The molecule has 3 heteroatoms. The Bertz CT molecular complexity index is 739. The molecule has 3 aromatic rings. The van der Waals surface area contributed by atoms with Crippen molar-refractivity contribution in [1.82, 2.24) is 4.98 Å². The van der Waals surface area contributed by atoms with E-state index in [0.29, 0.717) is 6.54 Å². The lowest BCUT2D eigenvalue weighted by Crippen LogP contribution is -2.15. The van der Waals surface area contributed by atoms with Gasteiger partial charge in [0, 0.05) is 23.2 Å². The van der Waals surface area contributed by atoms with Crippen molar-refractivity contribution in [1.29, 1.82) is 0 Å². The highest BCUT2D eigenvalue weighted by molar-refractivity contribution is 5.93. The number of nitrogens with one attached hydrogen (secondary N) is 1. The molecule has 0 aliphatic carbocycles. The van der Waals surface area contributed by atoms with E-state index in [1.165, 1.54) is 0 Å². The Morgan fingerprint density at radius 2 is 1.76 bits per heavy atom. The van der Waals surface area contributed by atoms with E-state index in [0.717, 1.165) is 27.8 Å². The molecule has 3 nitrogen and oxygen atoms in total. The second-order valence-electron chi connectivity index (χ2n) is 5.17. The summed E-state index contributed by atoms with van der Waals surface area (Å²) in [6, 6.07) is 20.2. The van der Waals surface area contributed by atoms with E-state index in [-0.39, 0.29) is 0 Å². The van der Waals surface area contributed by atoms with Crippen LogP contribution in [0.4, 0.5) is 5.69 Å². The smallest absolute Gasteiger partial charge is 0.0730 e. The van der Waals surface area contributed by atoms with Gasteiger partial charge in [-0.15, -0.1) is 0 Å². The number of hydrogen-bond acceptors (Lipinski definition) is 3. The van der Waals surface area contributed by atoms with Crippen molar-refractivity contribution >= 4 is 16.6 Å². The number of hydrogen-bond donors (Lipinski definition) is 2. The lowest BCUT2D eigenvalue weighted by atomic mass is 10.1. The van der Waals surface area contributed by atoms with Gasteiger partial charge < -0.3 is 10.4 Å². The van der Waals surface area contributed by atoms with Crippen molar-refractivity contribution in [2.45, 2.75) is 13.0 Å². The second kappa shape index (κ2) is 5.94. The Balaban J connectivity index is 2.10. The lowest BCUT2D eigenvalue weighted by Gasteiger charge is -2.13. The highest BCUT2D eigenvalue weighted by Gasteiger charge is 2.07. The van der Waals surface area contributed by atoms with Crippen LogP contribution in [0.2, 0.25) is 0 Å². The van der Waals surface area contributed by atoms with Gasteiger partial charge in [-0.2, -0.15) is 0 Å².